The molecule has 4 aromatic rings. The number of fused-ring (bicyclic) bond motifs is 1. The van der Waals surface area contributed by atoms with Crippen LogP contribution in [0.3, 0.4) is 0 Å². The third kappa shape index (κ3) is 4.88. The van der Waals surface area contributed by atoms with Crippen molar-refractivity contribution in [1.29, 1.82) is 0 Å². The number of aromatic nitrogens is 1. The third-order valence-electron chi connectivity index (χ3n) is 5.48. The van der Waals surface area contributed by atoms with Gasteiger partial charge in [-0.15, -0.1) is 0 Å². The molecule has 0 aliphatic rings. The van der Waals surface area contributed by atoms with Crippen molar-refractivity contribution in [2.24, 2.45) is 4.99 Å². The Morgan fingerprint density at radius 1 is 0.972 bits per heavy atom. The van der Waals surface area contributed by atoms with Crippen LogP contribution in [0, 0.1) is 0 Å². The maximum absolute atomic E-state index is 13.0. The molecule has 0 saturated heterocycles. The highest BCUT2D eigenvalue weighted by atomic mass is 32.2. The Hall–Kier alpha value is -3.96. The zero-order valence-corrected chi connectivity index (χ0v) is 21.4. The topological polar surface area (TPSA) is 107 Å². The van der Waals surface area contributed by atoms with Gasteiger partial charge in [-0.05, 0) is 48.5 Å². The highest BCUT2D eigenvalue weighted by Gasteiger charge is 2.22. The molecule has 0 spiro atoms. The summed E-state index contributed by atoms with van der Waals surface area (Å²) in [7, 11) is 0.445. The first kappa shape index (κ1) is 25.1. The standard InChI is InChI=1S/C25H23N3O6S2/c1-27(18-8-5-4-6-9-18)36(31,32)19-14-12-17(13-15-19)24(30)26-25-28(16-22(29)34-3)23-20(33-2)10-7-11-21(23)35-25/h4-15H,16H2,1-3H3. The molecule has 1 aromatic heterocycles. The molecule has 11 heteroatoms. The number of sulfonamides is 1. The number of para-hydroxylation sites is 2. The maximum Gasteiger partial charge on any atom is 0.325 e. The van der Waals surface area contributed by atoms with Crippen LogP contribution in [0.5, 0.6) is 5.75 Å². The molecule has 36 heavy (non-hydrogen) atoms. The molecule has 0 aliphatic heterocycles. The van der Waals surface area contributed by atoms with E-state index in [1.54, 1.807) is 47.0 Å². The zero-order valence-electron chi connectivity index (χ0n) is 19.7. The number of thiazole rings is 1. The monoisotopic (exact) mass is 525 g/mol. The van der Waals surface area contributed by atoms with Crippen LogP contribution in [-0.4, -0.2) is 46.1 Å². The number of carbonyl (C=O) groups is 2. The summed E-state index contributed by atoms with van der Waals surface area (Å²) in [6, 6.07) is 19.6. The summed E-state index contributed by atoms with van der Waals surface area (Å²) < 4.78 is 39.7. The van der Waals surface area contributed by atoms with Crippen LogP contribution in [0.15, 0.2) is 82.7 Å². The lowest BCUT2D eigenvalue weighted by Crippen LogP contribution is -2.26. The number of ether oxygens (including phenoxy) is 2. The predicted octanol–water partition coefficient (Wildman–Crippen LogP) is 3.45. The van der Waals surface area contributed by atoms with Crippen molar-refractivity contribution in [3.8, 4) is 5.75 Å². The van der Waals surface area contributed by atoms with Crippen LogP contribution < -0.4 is 13.8 Å². The van der Waals surface area contributed by atoms with E-state index in [2.05, 4.69) is 4.99 Å². The van der Waals surface area contributed by atoms with Gasteiger partial charge in [0.05, 0.1) is 29.5 Å². The molecule has 0 saturated carbocycles. The molecular formula is C25H23N3O6S2. The first-order chi connectivity index (χ1) is 17.3. The predicted molar refractivity (Wildman–Crippen MR) is 137 cm³/mol. The Labute approximate surface area is 211 Å². The Morgan fingerprint density at radius 2 is 1.67 bits per heavy atom. The Kier molecular flexibility index (Phi) is 7.22. The van der Waals surface area contributed by atoms with Gasteiger partial charge in [0.15, 0.2) is 4.80 Å². The van der Waals surface area contributed by atoms with E-state index in [0.717, 1.165) is 4.70 Å². The zero-order chi connectivity index (χ0) is 25.9. The number of amides is 1. The van der Waals surface area contributed by atoms with Gasteiger partial charge in [0.2, 0.25) is 0 Å². The lowest BCUT2D eigenvalue weighted by molar-refractivity contribution is -0.141. The summed E-state index contributed by atoms with van der Waals surface area (Å²) in [5.74, 6) is -0.565. The number of benzene rings is 3. The number of rotatable bonds is 7. The molecule has 0 unspecified atom stereocenters. The number of hydrogen-bond acceptors (Lipinski definition) is 7. The fraction of sp³-hybridized carbons (Fsp3) is 0.160. The molecule has 1 amide bonds. The van der Waals surface area contributed by atoms with Crippen LogP contribution in [0.25, 0.3) is 10.2 Å². The van der Waals surface area contributed by atoms with E-state index in [9.17, 15) is 18.0 Å². The SMILES string of the molecule is COC(=O)Cn1c(=NC(=O)c2ccc(S(=O)(=O)N(C)c3ccccc3)cc2)sc2cccc(OC)c21. The van der Waals surface area contributed by atoms with E-state index < -0.39 is 21.9 Å². The largest absolute Gasteiger partial charge is 0.495 e. The van der Waals surface area contributed by atoms with E-state index in [0.29, 0.717) is 17.0 Å². The molecule has 4 rings (SSSR count). The summed E-state index contributed by atoms with van der Waals surface area (Å²) in [4.78, 5) is 29.6. The van der Waals surface area contributed by atoms with E-state index in [-0.39, 0.29) is 21.8 Å². The van der Waals surface area contributed by atoms with Crippen molar-refractivity contribution in [3.63, 3.8) is 0 Å². The molecule has 0 radical (unpaired) electrons. The summed E-state index contributed by atoms with van der Waals surface area (Å²) >= 11 is 1.22. The number of esters is 1. The third-order valence-corrected chi connectivity index (χ3v) is 8.32. The molecule has 0 N–H and O–H groups in total. The van der Waals surface area contributed by atoms with Gasteiger partial charge in [-0.3, -0.25) is 13.9 Å². The number of anilines is 1. The molecule has 3 aromatic carbocycles. The fourth-order valence-corrected chi connectivity index (χ4v) is 5.78. The van der Waals surface area contributed by atoms with E-state index in [4.69, 9.17) is 9.47 Å². The molecule has 0 fully saturated rings. The van der Waals surface area contributed by atoms with E-state index in [1.807, 2.05) is 6.07 Å². The minimum absolute atomic E-state index is 0.0396. The molecule has 0 bridgehead atoms. The van der Waals surface area contributed by atoms with Gasteiger partial charge >= 0.3 is 5.97 Å². The van der Waals surface area contributed by atoms with Crippen LogP contribution >= 0.6 is 11.3 Å². The molecule has 0 aliphatic carbocycles. The molecule has 9 nitrogen and oxygen atoms in total. The second-order valence-corrected chi connectivity index (χ2v) is 10.6. The van der Waals surface area contributed by atoms with Crippen molar-refractivity contribution in [2.75, 3.05) is 25.6 Å². The van der Waals surface area contributed by atoms with Crippen molar-refractivity contribution < 1.29 is 27.5 Å². The average molecular weight is 526 g/mol. The second kappa shape index (κ2) is 10.3. The highest BCUT2D eigenvalue weighted by Crippen LogP contribution is 2.27. The van der Waals surface area contributed by atoms with Gasteiger partial charge in [0, 0.05) is 12.6 Å². The van der Waals surface area contributed by atoms with Crippen LogP contribution in [0.1, 0.15) is 10.4 Å². The van der Waals surface area contributed by atoms with Gasteiger partial charge in [0.1, 0.15) is 17.8 Å². The summed E-state index contributed by atoms with van der Waals surface area (Å²) in [6.45, 7) is -0.161. The average Bonchev–Trinajstić information content (AvgIpc) is 3.25. The van der Waals surface area contributed by atoms with Crippen molar-refractivity contribution in [1.82, 2.24) is 4.57 Å². The second-order valence-electron chi connectivity index (χ2n) is 7.60. The Balaban J connectivity index is 1.70. The highest BCUT2D eigenvalue weighted by molar-refractivity contribution is 7.92. The normalized spacial score (nSPS) is 11.9. The van der Waals surface area contributed by atoms with Gasteiger partial charge < -0.3 is 14.0 Å². The van der Waals surface area contributed by atoms with Gasteiger partial charge in [-0.25, -0.2) is 8.42 Å². The van der Waals surface area contributed by atoms with E-state index >= 15 is 0 Å². The summed E-state index contributed by atoms with van der Waals surface area (Å²) in [5.41, 5.74) is 1.33. The lowest BCUT2D eigenvalue weighted by atomic mass is 10.2. The minimum atomic E-state index is -3.82. The van der Waals surface area contributed by atoms with Crippen LogP contribution in [0.2, 0.25) is 0 Å². The molecule has 0 atom stereocenters. The smallest absolute Gasteiger partial charge is 0.325 e. The summed E-state index contributed by atoms with van der Waals surface area (Å²) in [6.07, 6.45) is 0. The minimum Gasteiger partial charge on any atom is -0.495 e. The van der Waals surface area contributed by atoms with Crippen molar-refractivity contribution >= 4 is 49.1 Å². The van der Waals surface area contributed by atoms with Gasteiger partial charge in [0.25, 0.3) is 15.9 Å². The van der Waals surface area contributed by atoms with Crippen molar-refractivity contribution in [2.45, 2.75) is 11.4 Å². The van der Waals surface area contributed by atoms with Gasteiger partial charge in [-0.2, -0.15) is 4.99 Å². The molecular weight excluding hydrogens is 502 g/mol. The molecule has 186 valence electrons. The first-order valence-electron chi connectivity index (χ1n) is 10.7. The fourth-order valence-electron chi connectivity index (χ4n) is 3.54. The number of hydrogen-bond donors (Lipinski definition) is 0. The van der Waals surface area contributed by atoms with E-state index in [1.165, 1.54) is 61.2 Å². The maximum atomic E-state index is 13.0. The summed E-state index contributed by atoms with van der Waals surface area (Å²) in [5, 5.41) is 0. The Bertz CT molecular complexity index is 1590. The Morgan fingerprint density at radius 3 is 2.31 bits per heavy atom. The number of methoxy groups -OCH3 is 2. The lowest BCUT2D eigenvalue weighted by Gasteiger charge is -2.19. The first-order valence-corrected chi connectivity index (χ1v) is 13.0. The van der Waals surface area contributed by atoms with Gasteiger partial charge in [-0.1, -0.05) is 35.6 Å². The number of nitrogens with zero attached hydrogens (tertiary/aromatic N) is 3. The van der Waals surface area contributed by atoms with Crippen molar-refractivity contribution in [3.05, 3.63) is 83.2 Å². The quantitative estimate of drug-likeness (QED) is 0.342. The van der Waals surface area contributed by atoms with Crippen LogP contribution in [0.4, 0.5) is 5.69 Å². The van der Waals surface area contributed by atoms with Crippen LogP contribution in [-0.2, 0) is 26.1 Å². The number of carbonyl (C=O) groups excluding carboxylic acids is 2. The molecule has 1 heterocycles.